The van der Waals surface area contributed by atoms with Crippen LogP contribution in [-0.4, -0.2) is 51.2 Å². The predicted molar refractivity (Wildman–Crippen MR) is 48.6 cm³/mol. The van der Waals surface area contributed by atoms with Gasteiger partial charge in [0.1, 0.15) is 18.8 Å². The molecule has 0 aromatic rings. The molecule has 0 spiro atoms. The molecule has 0 amide bonds. The van der Waals surface area contributed by atoms with E-state index in [0.29, 0.717) is 0 Å². The molecule has 2 unspecified atom stereocenters. The van der Waals surface area contributed by atoms with Crippen molar-refractivity contribution >= 4 is 22.3 Å². The average Bonchev–Trinajstić information content (AvgIpc) is 2.21. The van der Waals surface area contributed by atoms with Gasteiger partial charge >= 0.3 is 16.5 Å². The highest BCUT2D eigenvalue weighted by Crippen LogP contribution is 2.16. The maximum atomic E-state index is 11.0. The Kier molecular flexibility index (Phi) is 7.65. The number of aliphatic hydroxyl groups excluding tert-OH is 2. The largest absolute Gasteiger partial charge is 0.695 e. The van der Waals surface area contributed by atoms with E-state index in [1.807, 2.05) is 0 Å². The molecule has 0 aliphatic heterocycles. The lowest BCUT2D eigenvalue weighted by Crippen LogP contribution is -2.38. The lowest BCUT2D eigenvalue weighted by atomic mass is 10.1. The number of Topliss-reactive ketones (excluding diaryl/α,β-unsaturated/α-hetero) is 1. The first-order chi connectivity index (χ1) is 7.34. The minimum Gasteiger partial charge on any atom is -0.387 e. The van der Waals surface area contributed by atoms with Gasteiger partial charge in [-0.3, -0.25) is 4.79 Å². The topological polar surface area (TPSA) is 151 Å². The summed E-state index contributed by atoms with van der Waals surface area (Å²) >= 11 is 0. The molecule has 0 aromatic heterocycles. The highest BCUT2D eigenvalue weighted by molar-refractivity contribution is 7.32. The third kappa shape index (κ3) is 7.00. The van der Waals surface area contributed by atoms with Crippen LogP contribution < -0.4 is 0 Å². The third-order valence-electron chi connectivity index (χ3n) is 1.37. The number of hydrogen-bond acceptors (Lipinski definition) is 7. The van der Waals surface area contributed by atoms with E-state index in [-0.39, 0.29) is 0 Å². The molecule has 0 heterocycles. The van der Waals surface area contributed by atoms with Gasteiger partial charge in [-0.1, -0.05) is 0 Å². The van der Waals surface area contributed by atoms with E-state index in [2.05, 4.69) is 9.05 Å². The van der Waals surface area contributed by atoms with E-state index >= 15 is 0 Å². The molecule has 0 bridgehead atoms. The monoisotopic (exact) mass is 276 g/mol. The SMILES string of the molecule is O=C(CO[P+](=O)O)[C@H](O)[C@H](O)CO[P+](=O)O. The Balaban J connectivity index is 4.00. The van der Waals surface area contributed by atoms with E-state index in [9.17, 15) is 13.9 Å². The highest BCUT2D eigenvalue weighted by Gasteiger charge is 2.30. The summed E-state index contributed by atoms with van der Waals surface area (Å²) in [5.41, 5.74) is 0. The number of carbonyl (C=O) groups excluding carboxylic acids is 1. The second-order valence-electron chi connectivity index (χ2n) is 2.52. The van der Waals surface area contributed by atoms with E-state index in [1.54, 1.807) is 0 Å². The van der Waals surface area contributed by atoms with Gasteiger partial charge in [0.25, 0.3) is 0 Å². The Labute approximate surface area is 91.5 Å². The Hall–Kier alpha value is -0.370. The van der Waals surface area contributed by atoms with Gasteiger partial charge in [0.15, 0.2) is 12.4 Å². The van der Waals surface area contributed by atoms with Crippen LogP contribution in [0.1, 0.15) is 0 Å². The summed E-state index contributed by atoms with van der Waals surface area (Å²) in [6.07, 6.45) is -3.65. The highest BCUT2D eigenvalue weighted by atomic mass is 31.1. The van der Waals surface area contributed by atoms with Crippen LogP contribution in [0.25, 0.3) is 0 Å². The second-order valence-corrected chi connectivity index (χ2v) is 3.99. The summed E-state index contributed by atoms with van der Waals surface area (Å²) in [6.45, 7) is -1.60. The molecule has 0 aromatic carbocycles. The molecule has 0 aliphatic rings. The first-order valence-corrected chi connectivity index (χ1v) is 6.07. The van der Waals surface area contributed by atoms with Gasteiger partial charge in [-0.05, 0) is 0 Å². The number of carbonyl (C=O) groups is 1. The number of ketones is 1. The Morgan fingerprint density at radius 1 is 1.12 bits per heavy atom. The standard InChI is InChI=1S/C5H8O9P2/c6-3(1-13-15(9)10)5(8)4(7)2-14-16(11)12/h3,5-6,8H,1-2H2/p+2/t3-,5-/m1/s1. The maximum absolute atomic E-state index is 11.0. The first kappa shape index (κ1) is 15.6. The molecule has 0 saturated heterocycles. The fourth-order valence-electron chi connectivity index (χ4n) is 0.650. The molecule has 0 radical (unpaired) electrons. The molecule has 0 aliphatic carbocycles. The van der Waals surface area contributed by atoms with Crippen molar-refractivity contribution in [3.05, 3.63) is 0 Å². The molecule has 4 atom stereocenters. The van der Waals surface area contributed by atoms with E-state index < -0.39 is 47.7 Å². The zero-order chi connectivity index (χ0) is 12.7. The number of aliphatic hydroxyl groups is 2. The lowest BCUT2D eigenvalue weighted by molar-refractivity contribution is -0.136. The molecule has 11 heteroatoms. The minimum atomic E-state index is -2.98. The van der Waals surface area contributed by atoms with Crippen molar-refractivity contribution < 1.29 is 43.0 Å². The normalized spacial score (nSPS) is 16.5. The smallest absolute Gasteiger partial charge is 0.387 e. The van der Waals surface area contributed by atoms with E-state index in [4.69, 9.17) is 20.0 Å². The van der Waals surface area contributed by atoms with Crippen molar-refractivity contribution in [2.75, 3.05) is 13.2 Å². The van der Waals surface area contributed by atoms with Crippen LogP contribution in [0, 0.1) is 0 Å². The first-order valence-electron chi connectivity index (χ1n) is 3.81. The minimum absolute atomic E-state index is 0.732. The molecule has 0 fully saturated rings. The summed E-state index contributed by atoms with van der Waals surface area (Å²) < 4.78 is 28.2. The summed E-state index contributed by atoms with van der Waals surface area (Å²) in [4.78, 5) is 27.4. The van der Waals surface area contributed by atoms with Gasteiger partial charge in [0, 0.05) is 9.13 Å². The van der Waals surface area contributed by atoms with Crippen LogP contribution in [0.2, 0.25) is 0 Å². The van der Waals surface area contributed by atoms with Crippen LogP contribution in [0.15, 0.2) is 0 Å². The summed E-state index contributed by atoms with van der Waals surface area (Å²) in [7, 11) is -5.92. The molecule has 0 saturated carbocycles. The van der Waals surface area contributed by atoms with Crippen LogP contribution in [0.4, 0.5) is 0 Å². The molecule has 16 heavy (non-hydrogen) atoms. The number of hydrogen-bond donors (Lipinski definition) is 4. The van der Waals surface area contributed by atoms with Crippen LogP contribution >= 0.6 is 16.5 Å². The molecular weight excluding hydrogens is 266 g/mol. The van der Waals surface area contributed by atoms with Gasteiger partial charge in [-0.15, -0.1) is 18.8 Å². The van der Waals surface area contributed by atoms with Crippen molar-refractivity contribution in [2.45, 2.75) is 12.2 Å². The van der Waals surface area contributed by atoms with Crippen molar-refractivity contribution in [3.8, 4) is 0 Å². The lowest BCUT2D eigenvalue weighted by Gasteiger charge is -2.11. The van der Waals surface area contributed by atoms with Gasteiger partial charge in [-0.25, -0.2) is 0 Å². The zero-order valence-electron chi connectivity index (χ0n) is 7.79. The van der Waals surface area contributed by atoms with Gasteiger partial charge in [0.05, 0.1) is 0 Å². The molecule has 0 rings (SSSR count). The fraction of sp³-hybridized carbons (Fsp3) is 0.800. The fourth-order valence-corrected chi connectivity index (χ4v) is 1.17. The summed E-state index contributed by atoms with van der Waals surface area (Å²) in [5.74, 6) is -1.05. The van der Waals surface area contributed by atoms with Gasteiger partial charge in [-0.2, -0.15) is 0 Å². The summed E-state index contributed by atoms with van der Waals surface area (Å²) in [5, 5.41) is 18.2. The van der Waals surface area contributed by atoms with Crippen LogP contribution in [-0.2, 0) is 23.0 Å². The second kappa shape index (κ2) is 7.83. The zero-order valence-corrected chi connectivity index (χ0v) is 9.58. The quantitative estimate of drug-likeness (QED) is 0.392. The van der Waals surface area contributed by atoms with Crippen molar-refractivity contribution in [2.24, 2.45) is 0 Å². The predicted octanol–water partition coefficient (Wildman–Crippen LogP) is -1.39. The van der Waals surface area contributed by atoms with Crippen molar-refractivity contribution in [3.63, 3.8) is 0 Å². The van der Waals surface area contributed by atoms with Crippen LogP contribution in [0.5, 0.6) is 0 Å². The van der Waals surface area contributed by atoms with Gasteiger partial charge in [0.2, 0.25) is 0 Å². The molecule has 4 N–H and O–H groups in total. The van der Waals surface area contributed by atoms with Crippen LogP contribution in [0.3, 0.4) is 0 Å². The average molecular weight is 276 g/mol. The number of rotatable bonds is 8. The molecule has 92 valence electrons. The Morgan fingerprint density at radius 3 is 2.06 bits per heavy atom. The third-order valence-corrected chi connectivity index (χ3v) is 2.09. The molecule has 9 nitrogen and oxygen atoms in total. The van der Waals surface area contributed by atoms with Crippen molar-refractivity contribution in [1.82, 2.24) is 0 Å². The van der Waals surface area contributed by atoms with E-state index in [0.717, 1.165) is 0 Å². The maximum Gasteiger partial charge on any atom is 0.695 e. The molecular formula is C5H10O9P2+2. The Morgan fingerprint density at radius 2 is 1.62 bits per heavy atom. The van der Waals surface area contributed by atoms with E-state index in [1.165, 1.54) is 0 Å². The van der Waals surface area contributed by atoms with Gasteiger partial charge < -0.3 is 10.2 Å². The Bertz CT molecular complexity index is 279. The van der Waals surface area contributed by atoms with Crippen molar-refractivity contribution in [1.29, 1.82) is 0 Å². The summed E-state index contributed by atoms with van der Waals surface area (Å²) in [6, 6.07) is 0.